The van der Waals surface area contributed by atoms with Crippen LogP contribution in [0.1, 0.15) is 5.82 Å². The number of thioether (sulfide) groups is 1. The second-order valence-electron chi connectivity index (χ2n) is 2.47. The van der Waals surface area contributed by atoms with Gasteiger partial charge in [0.2, 0.25) is 14.9 Å². The van der Waals surface area contributed by atoms with E-state index in [0.717, 1.165) is 11.8 Å². The van der Waals surface area contributed by atoms with E-state index in [-0.39, 0.29) is 15.8 Å². The predicted molar refractivity (Wildman–Crippen MR) is 55.3 cm³/mol. The normalized spacial score (nSPS) is 13.0. The Balaban J connectivity index is 2.54. The van der Waals surface area contributed by atoms with Crippen molar-refractivity contribution in [1.82, 2.24) is 9.36 Å². The molecule has 0 aliphatic carbocycles. The zero-order chi connectivity index (χ0) is 12.4. The van der Waals surface area contributed by atoms with Crippen molar-refractivity contribution in [3.05, 3.63) is 5.82 Å². The number of halogens is 4. The summed E-state index contributed by atoms with van der Waals surface area (Å²) < 4.78 is 60.4. The van der Waals surface area contributed by atoms with E-state index in [4.69, 9.17) is 10.7 Å². The maximum absolute atomic E-state index is 12.1. The Labute approximate surface area is 102 Å². The van der Waals surface area contributed by atoms with Crippen molar-refractivity contribution < 1.29 is 21.6 Å². The van der Waals surface area contributed by atoms with Gasteiger partial charge in [-0.2, -0.15) is 17.5 Å². The summed E-state index contributed by atoms with van der Waals surface area (Å²) in [6, 6.07) is 0. The van der Waals surface area contributed by atoms with E-state index in [2.05, 4.69) is 9.36 Å². The molecule has 0 amide bonds. The van der Waals surface area contributed by atoms with Crippen LogP contribution in [0.5, 0.6) is 0 Å². The highest BCUT2D eigenvalue weighted by molar-refractivity contribution is 8.14. The van der Waals surface area contributed by atoms with Gasteiger partial charge in [0.05, 0.1) is 5.75 Å². The summed E-state index contributed by atoms with van der Waals surface area (Å²) in [6.45, 7) is 0. The second-order valence-corrected chi connectivity index (χ2v) is 7.46. The minimum absolute atomic E-state index is 0.0400. The molecule has 0 saturated heterocycles. The molecule has 0 saturated carbocycles. The van der Waals surface area contributed by atoms with Gasteiger partial charge in [0.15, 0.2) is 4.34 Å². The number of nitrogens with zero attached hydrogens (tertiary/aromatic N) is 2. The Hall–Kier alpha value is -0.0600. The van der Waals surface area contributed by atoms with Gasteiger partial charge in [-0.05, 0) is 11.5 Å². The van der Waals surface area contributed by atoms with Gasteiger partial charge in [-0.15, -0.1) is 0 Å². The number of hydrogen-bond donors (Lipinski definition) is 0. The van der Waals surface area contributed by atoms with Gasteiger partial charge < -0.3 is 0 Å². The fraction of sp³-hybridized carbons (Fsp3) is 0.600. The molecule has 0 aromatic carbocycles. The molecular formula is C5H4ClF3N2O2S3. The van der Waals surface area contributed by atoms with E-state index in [1.165, 1.54) is 0 Å². The fourth-order valence-corrected chi connectivity index (χ4v) is 3.64. The van der Waals surface area contributed by atoms with Gasteiger partial charge in [-0.25, -0.2) is 13.4 Å². The van der Waals surface area contributed by atoms with E-state index in [1.54, 1.807) is 0 Å². The Morgan fingerprint density at radius 1 is 1.44 bits per heavy atom. The quantitative estimate of drug-likeness (QED) is 0.630. The Bertz CT molecular complexity index is 458. The van der Waals surface area contributed by atoms with Crippen LogP contribution in [0.4, 0.5) is 13.2 Å². The standard InChI is InChI=1S/C5H4ClF3N2O2S3/c6-16(12,13)2-1-14-4-10-3(11-15-4)5(7,8)9/h1-2H2. The summed E-state index contributed by atoms with van der Waals surface area (Å²) >= 11 is 1.44. The first-order chi connectivity index (χ1) is 7.18. The molecule has 11 heteroatoms. The molecule has 0 aliphatic rings. The summed E-state index contributed by atoms with van der Waals surface area (Å²) in [5.41, 5.74) is 0. The molecule has 0 bridgehead atoms. The van der Waals surface area contributed by atoms with Crippen molar-refractivity contribution in [2.75, 3.05) is 11.5 Å². The Morgan fingerprint density at radius 3 is 2.50 bits per heavy atom. The lowest BCUT2D eigenvalue weighted by atomic mass is 10.6. The first-order valence-electron chi connectivity index (χ1n) is 3.64. The predicted octanol–water partition coefficient (Wildman–Crippen LogP) is 2.22. The minimum atomic E-state index is -4.58. The summed E-state index contributed by atoms with van der Waals surface area (Å²) in [7, 11) is 1.29. The first-order valence-corrected chi connectivity index (χ1v) is 7.88. The Morgan fingerprint density at radius 2 is 2.06 bits per heavy atom. The highest BCUT2D eigenvalue weighted by Crippen LogP contribution is 2.30. The zero-order valence-corrected chi connectivity index (χ0v) is 10.6. The molecule has 0 unspecified atom stereocenters. The van der Waals surface area contributed by atoms with Crippen LogP contribution in [0, 0.1) is 0 Å². The summed E-state index contributed by atoms with van der Waals surface area (Å²) in [5.74, 6) is -1.51. The van der Waals surface area contributed by atoms with Gasteiger partial charge in [0, 0.05) is 16.4 Å². The molecule has 4 nitrogen and oxygen atoms in total. The van der Waals surface area contributed by atoms with Gasteiger partial charge in [-0.3, -0.25) is 0 Å². The van der Waals surface area contributed by atoms with Gasteiger partial charge in [0.1, 0.15) is 0 Å². The molecule has 1 heterocycles. The van der Waals surface area contributed by atoms with Gasteiger partial charge in [-0.1, -0.05) is 11.8 Å². The van der Waals surface area contributed by atoms with Crippen molar-refractivity contribution in [2.45, 2.75) is 10.5 Å². The smallest absolute Gasteiger partial charge is 0.212 e. The van der Waals surface area contributed by atoms with Crippen LogP contribution < -0.4 is 0 Å². The van der Waals surface area contributed by atoms with Crippen LogP contribution in [0.25, 0.3) is 0 Å². The van der Waals surface area contributed by atoms with E-state index >= 15 is 0 Å². The maximum atomic E-state index is 12.1. The molecule has 0 aliphatic heterocycles. The van der Waals surface area contributed by atoms with Crippen molar-refractivity contribution in [2.24, 2.45) is 0 Å². The van der Waals surface area contributed by atoms with Crippen LogP contribution in [0.2, 0.25) is 0 Å². The molecule has 0 fully saturated rings. The van der Waals surface area contributed by atoms with Crippen molar-refractivity contribution in [1.29, 1.82) is 0 Å². The third-order valence-electron chi connectivity index (χ3n) is 1.21. The lowest BCUT2D eigenvalue weighted by Gasteiger charge is -1.97. The van der Waals surface area contributed by atoms with Gasteiger partial charge >= 0.3 is 6.18 Å². The summed E-state index contributed by atoms with van der Waals surface area (Å²) in [4.78, 5) is 3.21. The third-order valence-corrected chi connectivity index (χ3v) is 4.46. The molecule has 1 rings (SSSR count). The molecule has 0 N–H and O–H groups in total. The van der Waals surface area contributed by atoms with E-state index in [1.807, 2.05) is 0 Å². The molecule has 1 aromatic heterocycles. The molecule has 0 radical (unpaired) electrons. The van der Waals surface area contributed by atoms with E-state index < -0.39 is 21.1 Å². The average Bonchev–Trinajstić information content (AvgIpc) is 2.49. The minimum Gasteiger partial charge on any atom is -0.212 e. The van der Waals surface area contributed by atoms with E-state index in [0.29, 0.717) is 11.5 Å². The topological polar surface area (TPSA) is 59.9 Å². The van der Waals surface area contributed by atoms with Crippen LogP contribution in [-0.4, -0.2) is 29.3 Å². The van der Waals surface area contributed by atoms with Crippen LogP contribution in [0.15, 0.2) is 4.34 Å². The molecule has 1 aromatic rings. The number of aromatic nitrogens is 2. The highest BCUT2D eigenvalue weighted by atomic mass is 35.7. The number of alkyl halides is 3. The summed E-state index contributed by atoms with van der Waals surface area (Å²) in [5, 5.41) is 0. The summed E-state index contributed by atoms with van der Waals surface area (Å²) in [6.07, 6.45) is -4.58. The van der Waals surface area contributed by atoms with Gasteiger partial charge in [0.25, 0.3) is 0 Å². The van der Waals surface area contributed by atoms with Crippen molar-refractivity contribution in [3.8, 4) is 0 Å². The molecular weight excluding hydrogens is 309 g/mol. The van der Waals surface area contributed by atoms with Crippen molar-refractivity contribution >= 4 is 43.0 Å². The molecule has 0 atom stereocenters. The van der Waals surface area contributed by atoms with Crippen LogP contribution in [0.3, 0.4) is 0 Å². The molecule has 16 heavy (non-hydrogen) atoms. The monoisotopic (exact) mass is 312 g/mol. The zero-order valence-electron chi connectivity index (χ0n) is 7.36. The largest absolute Gasteiger partial charge is 0.452 e. The molecule has 0 spiro atoms. The third kappa shape index (κ3) is 4.85. The number of rotatable bonds is 4. The van der Waals surface area contributed by atoms with E-state index in [9.17, 15) is 21.6 Å². The molecule has 92 valence electrons. The SMILES string of the molecule is O=S(=O)(Cl)CCSc1nc(C(F)(F)F)ns1. The first kappa shape index (κ1) is 14.0. The lowest BCUT2D eigenvalue weighted by molar-refractivity contribution is -0.144. The van der Waals surface area contributed by atoms with Crippen molar-refractivity contribution in [3.63, 3.8) is 0 Å². The maximum Gasteiger partial charge on any atom is 0.452 e. The highest BCUT2D eigenvalue weighted by Gasteiger charge is 2.36. The number of hydrogen-bond acceptors (Lipinski definition) is 6. The van der Waals surface area contributed by atoms with Crippen LogP contribution >= 0.6 is 34.0 Å². The Kier molecular flexibility index (Phi) is 4.43. The van der Waals surface area contributed by atoms with Crippen LogP contribution in [-0.2, 0) is 15.2 Å². The average molecular weight is 313 g/mol. The lowest BCUT2D eigenvalue weighted by Crippen LogP contribution is -2.07. The fourth-order valence-electron chi connectivity index (χ4n) is 0.612. The second kappa shape index (κ2) is 5.07.